The molecule has 1 fully saturated rings. The molecule has 0 saturated carbocycles. The van der Waals surface area contributed by atoms with Crippen LogP contribution in [0.3, 0.4) is 0 Å². The Morgan fingerprint density at radius 3 is 1.70 bits per heavy atom. The molecule has 3 aromatic carbocycles. The normalized spacial score (nSPS) is 14.4. The summed E-state index contributed by atoms with van der Waals surface area (Å²) in [6, 6.07) is 28.8. The number of carbonyl (C=O) groups excluding carboxylic acids is 1. The Labute approximate surface area is 159 Å². The number of para-hydroxylation sites is 2. The number of nitrogens with zero attached hydrogens (tertiary/aromatic N) is 2. The third-order valence-electron chi connectivity index (χ3n) is 4.79. The Morgan fingerprint density at radius 2 is 1.26 bits per heavy atom. The van der Waals surface area contributed by atoms with Gasteiger partial charge in [0.15, 0.2) is 0 Å². The van der Waals surface area contributed by atoms with Gasteiger partial charge in [0.25, 0.3) is 0 Å². The molecule has 3 aromatic rings. The fourth-order valence-corrected chi connectivity index (χ4v) is 3.64. The molecule has 0 atom stereocenters. The summed E-state index contributed by atoms with van der Waals surface area (Å²) < 4.78 is 5.19. The van der Waals surface area contributed by atoms with Gasteiger partial charge in [-0.25, -0.2) is 0 Å². The zero-order chi connectivity index (χ0) is 18.6. The summed E-state index contributed by atoms with van der Waals surface area (Å²) in [6.45, 7) is 3.30. The average Bonchev–Trinajstić information content (AvgIpc) is 3.15. The lowest BCUT2D eigenvalue weighted by Gasteiger charge is -2.33. The summed E-state index contributed by atoms with van der Waals surface area (Å²) in [5, 5.41) is 0. The van der Waals surface area contributed by atoms with E-state index in [1.165, 1.54) is 18.3 Å². The molecule has 27 heavy (non-hydrogen) atoms. The van der Waals surface area contributed by atoms with Crippen molar-refractivity contribution in [2.24, 2.45) is 0 Å². The molecular formula is C23H22N2O2. The molecule has 1 aliphatic rings. The van der Waals surface area contributed by atoms with E-state index < -0.39 is 0 Å². The van der Waals surface area contributed by atoms with Crippen LogP contribution in [-0.2, 0) is 4.79 Å². The van der Waals surface area contributed by atoms with E-state index in [1.54, 1.807) is 0 Å². The molecule has 1 aliphatic heterocycles. The topological polar surface area (TPSA) is 32.8 Å². The second-order valence-corrected chi connectivity index (χ2v) is 6.59. The maximum Gasteiger partial charge on any atom is 0.308 e. The lowest BCUT2D eigenvalue weighted by atomic mass is 10.1. The van der Waals surface area contributed by atoms with Gasteiger partial charge in [-0.3, -0.25) is 4.79 Å². The van der Waals surface area contributed by atoms with Crippen LogP contribution in [0.1, 0.15) is 18.7 Å². The van der Waals surface area contributed by atoms with Crippen LogP contribution in [0, 0.1) is 0 Å². The first-order chi connectivity index (χ1) is 13.2. The van der Waals surface area contributed by atoms with Gasteiger partial charge < -0.3 is 14.5 Å². The lowest BCUT2D eigenvalue weighted by Crippen LogP contribution is -2.30. The van der Waals surface area contributed by atoms with Crippen molar-refractivity contribution in [2.75, 3.05) is 22.9 Å². The molecule has 4 rings (SSSR count). The molecule has 0 aliphatic carbocycles. The molecule has 4 heteroatoms. The highest BCUT2D eigenvalue weighted by molar-refractivity contribution is 5.69. The van der Waals surface area contributed by atoms with Crippen molar-refractivity contribution >= 4 is 17.3 Å². The van der Waals surface area contributed by atoms with Gasteiger partial charge in [-0.2, -0.15) is 0 Å². The van der Waals surface area contributed by atoms with Crippen molar-refractivity contribution in [2.45, 2.75) is 13.1 Å². The van der Waals surface area contributed by atoms with Crippen molar-refractivity contribution in [3.8, 4) is 5.75 Å². The second kappa shape index (κ2) is 7.54. The Kier molecular flexibility index (Phi) is 4.79. The van der Waals surface area contributed by atoms with Crippen molar-refractivity contribution in [1.29, 1.82) is 0 Å². The molecule has 4 nitrogen and oxygen atoms in total. The van der Waals surface area contributed by atoms with Crippen molar-refractivity contribution in [1.82, 2.24) is 0 Å². The number of ether oxygens (including phenoxy) is 1. The monoisotopic (exact) mass is 358 g/mol. The van der Waals surface area contributed by atoms with Gasteiger partial charge in [-0.1, -0.05) is 48.5 Å². The number of hydrogen-bond acceptors (Lipinski definition) is 4. The van der Waals surface area contributed by atoms with E-state index in [0.717, 1.165) is 18.7 Å². The van der Waals surface area contributed by atoms with E-state index in [1.807, 2.05) is 36.4 Å². The molecular weight excluding hydrogens is 336 g/mol. The van der Waals surface area contributed by atoms with Crippen molar-refractivity contribution in [3.63, 3.8) is 0 Å². The Bertz CT molecular complexity index is 847. The van der Waals surface area contributed by atoms with Crippen LogP contribution in [0.15, 0.2) is 84.9 Å². The number of benzene rings is 3. The van der Waals surface area contributed by atoms with Crippen LogP contribution in [0.5, 0.6) is 5.75 Å². The summed E-state index contributed by atoms with van der Waals surface area (Å²) in [7, 11) is 0. The molecule has 1 saturated heterocycles. The smallest absolute Gasteiger partial charge is 0.308 e. The minimum Gasteiger partial charge on any atom is -0.427 e. The van der Waals surface area contributed by atoms with Gasteiger partial charge in [-0.15, -0.1) is 0 Å². The van der Waals surface area contributed by atoms with E-state index in [-0.39, 0.29) is 12.1 Å². The summed E-state index contributed by atoms with van der Waals surface area (Å²) in [5.74, 6) is 0.266. The number of carbonyl (C=O) groups is 1. The standard InChI is InChI=1S/C23H22N2O2/c1-18(26)27-22-14-12-19(13-15-22)23-24(20-8-4-2-5-9-20)16-17-25(23)21-10-6-3-7-11-21/h2-15,23H,16-17H2,1H3. The predicted molar refractivity (Wildman–Crippen MR) is 108 cm³/mol. The Morgan fingerprint density at radius 1 is 0.778 bits per heavy atom. The average molecular weight is 358 g/mol. The maximum atomic E-state index is 11.2. The van der Waals surface area contributed by atoms with Gasteiger partial charge in [0.05, 0.1) is 0 Å². The highest BCUT2D eigenvalue weighted by Gasteiger charge is 2.33. The summed E-state index contributed by atoms with van der Waals surface area (Å²) >= 11 is 0. The fraction of sp³-hybridized carbons (Fsp3) is 0.174. The third-order valence-corrected chi connectivity index (χ3v) is 4.79. The molecule has 0 amide bonds. The molecule has 0 bridgehead atoms. The summed E-state index contributed by atoms with van der Waals surface area (Å²) in [5.41, 5.74) is 3.56. The van der Waals surface area contributed by atoms with Gasteiger partial charge in [0.2, 0.25) is 0 Å². The van der Waals surface area contributed by atoms with Crippen LogP contribution >= 0.6 is 0 Å². The predicted octanol–water partition coefficient (Wildman–Crippen LogP) is 4.64. The van der Waals surface area contributed by atoms with Gasteiger partial charge in [0, 0.05) is 31.4 Å². The number of anilines is 2. The SMILES string of the molecule is CC(=O)Oc1ccc(C2N(c3ccccc3)CCN2c2ccccc2)cc1. The number of hydrogen-bond donors (Lipinski definition) is 0. The zero-order valence-electron chi connectivity index (χ0n) is 15.3. The highest BCUT2D eigenvalue weighted by Crippen LogP contribution is 2.37. The molecule has 1 heterocycles. The minimum absolute atomic E-state index is 0.0844. The van der Waals surface area contributed by atoms with Crippen molar-refractivity contribution in [3.05, 3.63) is 90.5 Å². The van der Waals surface area contributed by atoms with E-state index in [0.29, 0.717) is 5.75 Å². The van der Waals surface area contributed by atoms with Crippen molar-refractivity contribution < 1.29 is 9.53 Å². The quantitative estimate of drug-likeness (QED) is 0.503. The van der Waals surface area contributed by atoms with Crippen LogP contribution < -0.4 is 14.5 Å². The summed E-state index contributed by atoms with van der Waals surface area (Å²) in [4.78, 5) is 16.0. The largest absolute Gasteiger partial charge is 0.427 e. The molecule has 0 spiro atoms. The van der Waals surface area contributed by atoms with Crippen LogP contribution in [-0.4, -0.2) is 19.1 Å². The molecule has 136 valence electrons. The first-order valence-electron chi connectivity index (χ1n) is 9.14. The van der Waals surface area contributed by atoms with Gasteiger partial charge in [0.1, 0.15) is 11.9 Å². The first kappa shape index (κ1) is 17.2. The molecule has 0 N–H and O–H groups in total. The van der Waals surface area contributed by atoms with Crippen LogP contribution in [0.25, 0.3) is 0 Å². The molecule has 0 aromatic heterocycles. The third kappa shape index (κ3) is 3.65. The first-order valence-corrected chi connectivity index (χ1v) is 9.14. The minimum atomic E-state index is -0.305. The van der Waals surface area contributed by atoms with Gasteiger partial charge in [-0.05, 0) is 42.0 Å². The van der Waals surface area contributed by atoms with E-state index >= 15 is 0 Å². The molecule has 0 radical (unpaired) electrons. The fourth-order valence-electron chi connectivity index (χ4n) is 3.64. The number of rotatable bonds is 4. The Balaban J connectivity index is 1.71. The van der Waals surface area contributed by atoms with Crippen LogP contribution in [0.4, 0.5) is 11.4 Å². The highest BCUT2D eigenvalue weighted by atomic mass is 16.5. The van der Waals surface area contributed by atoms with E-state index in [9.17, 15) is 4.79 Å². The number of esters is 1. The Hall–Kier alpha value is -3.27. The van der Waals surface area contributed by atoms with E-state index in [4.69, 9.17) is 4.74 Å². The maximum absolute atomic E-state index is 11.2. The molecule has 0 unspecified atom stereocenters. The van der Waals surface area contributed by atoms with Gasteiger partial charge >= 0.3 is 5.97 Å². The summed E-state index contributed by atoms with van der Waals surface area (Å²) in [6.07, 6.45) is 0.0844. The zero-order valence-corrected chi connectivity index (χ0v) is 15.3. The van der Waals surface area contributed by atoms with Crippen LogP contribution in [0.2, 0.25) is 0 Å². The lowest BCUT2D eigenvalue weighted by molar-refractivity contribution is -0.131. The van der Waals surface area contributed by atoms with E-state index in [2.05, 4.69) is 58.3 Å². The second-order valence-electron chi connectivity index (χ2n) is 6.59.